The molecular weight excluding hydrogens is 230 g/mol. The van der Waals surface area contributed by atoms with Gasteiger partial charge in [-0.2, -0.15) is 0 Å². The highest BCUT2D eigenvalue weighted by Gasteiger charge is 2.12. The fraction of sp³-hybridized carbons (Fsp3) is 0.889. The lowest BCUT2D eigenvalue weighted by Gasteiger charge is -2.19. The predicted molar refractivity (Wildman–Crippen MR) is 64.5 cm³/mol. The van der Waals surface area contributed by atoms with Crippen molar-refractivity contribution in [3.8, 4) is 0 Å². The van der Waals surface area contributed by atoms with Crippen molar-refractivity contribution < 1.29 is 13.6 Å². The quantitative estimate of drug-likeness (QED) is 0.271. The molecule has 7 heteroatoms. The average Bonchev–Trinajstić information content (AvgIpc) is 2.23. The maximum atomic E-state index is 11.5. The van der Waals surface area contributed by atoms with Gasteiger partial charge in [0.2, 0.25) is 0 Å². The van der Waals surface area contributed by atoms with Gasteiger partial charge in [0.1, 0.15) is 0 Å². The minimum Gasteiger partial charge on any atom is -0.409 e. The number of nitrogens with zero attached hydrogens (tertiary/aromatic N) is 2. The van der Waals surface area contributed by atoms with Gasteiger partial charge in [-0.3, -0.25) is 4.90 Å². The molecule has 0 atom stereocenters. The summed E-state index contributed by atoms with van der Waals surface area (Å²) < 4.78 is 22.9. The van der Waals surface area contributed by atoms with Crippen LogP contribution in [0.4, 0.5) is 0 Å². The van der Waals surface area contributed by atoms with Crippen LogP contribution in [0.5, 0.6) is 0 Å². The van der Waals surface area contributed by atoms with Crippen LogP contribution in [0.25, 0.3) is 0 Å². The third-order valence-electron chi connectivity index (χ3n) is 2.19. The molecule has 0 aliphatic heterocycles. The number of likely N-dealkylation sites (N-methyl/N-ethyl adjacent to an activating group) is 1. The highest BCUT2D eigenvalue weighted by Crippen LogP contribution is 1.96. The van der Waals surface area contributed by atoms with Gasteiger partial charge in [-0.15, -0.1) is 0 Å². The van der Waals surface area contributed by atoms with E-state index in [-0.39, 0.29) is 23.9 Å². The third-order valence-corrected chi connectivity index (χ3v) is 4.03. The van der Waals surface area contributed by atoms with E-state index in [1.54, 1.807) is 0 Å². The van der Waals surface area contributed by atoms with Gasteiger partial charge in [-0.25, -0.2) is 8.42 Å². The van der Waals surface area contributed by atoms with E-state index in [2.05, 4.69) is 5.16 Å². The molecule has 0 fully saturated rings. The van der Waals surface area contributed by atoms with Crippen LogP contribution in [0.1, 0.15) is 20.3 Å². The summed E-state index contributed by atoms with van der Waals surface area (Å²) in [7, 11) is -2.96. The maximum Gasteiger partial charge on any atom is 0.153 e. The Bertz CT molecular complexity index is 314. The van der Waals surface area contributed by atoms with Crippen LogP contribution < -0.4 is 5.73 Å². The SMILES string of the molecule is CCCS(=O)(=O)CCN(CC)CC(N)=NO. The molecular formula is C9H21N3O3S. The number of nitrogens with two attached hydrogens (primary N) is 1. The van der Waals surface area contributed by atoms with Gasteiger partial charge in [0.15, 0.2) is 15.7 Å². The van der Waals surface area contributed by atoms with E-state index >= 15 is 0 Å². The van der Waals surface area contributed by atoms with Crippen LogP contribution >= 0.6 is 0 Å². The molecule has 0 amide bonds. The molecule has 0 aromatic heterocycles. The summed E-state index contributed by atoms with van der Waals surface area (Å²) in [6.45, 7) is 5.10. The molecule has 3 N–H and O–H groups in total. The van der Waals surface area contributed by atoms with Crippen molar-refractivity contribution in [2.45, 2.75) is 20.3 Å². The molecule has 0 aromatic rings. The zero-order valence-electron chi connectivity index (χ0n) is 9.89. The second kappa shape index (κ2) is 7.45. The minimum absolute atomic E-state index is 0.0924. The number of rotatable bonds is 8. The van der Waals surface area contributed by atoms with Crippen molar-refractivity contribution in [1.29, 1.82) is 0 Å². The Balaban J connectivity index is 4.15. The summed E-state index contributed by atoms with van der Waals surface area (Å²) in [4.78, 5) is 1.82. The highest BCUT2D eigenvalue weighted by atomic mass is 32.2. The number of hydrogen-bond acceptors (Lipinski definition) is 5. The molecule has 0 rings (SSSR count). The zero-order chi connectivity index (χ0) is 12.6. The molecule has 16 heavy (non-hydrogen) atoms. The molecule has 6 nitrogen and oxygen atoms in total. The van der Waals surface area contributed by atoms with Crippen LogP contribution in [-0.2, 0) is 9.84 Å². The largest absolute Gasteiger partial charge is 0.409 e. The van der Waals surface area contributed by atoms with Gasteiger partial charge in [-0.05, 0) is 13.0 Å². The van der Waals surface area contributed by atoms with Crippen molar-refractivity contribution in [2.24, 2.45) is 10.9 Å². The lowest BCUT2D eigenvalue weighted by Crippen LogP contribution is -2.37. The van der Waals surface area contributed by atoms with Crippen molar-refractivity contribution in [3.05, 3.63) is 0 Å². The lowest BCUT2D eigenvalue weighted by atomic mass is 10.4. The van der Waals surface area contributed by atoms with Gasteiger partial charge in [0.05, 0.1) is 12.3 Å². The van der Waals surface area contributed by atoms with E-state index in [9.17, 15) is 8.42 Å². The Labute approximate surface area is 97.0 Å². The highest BCUT2D eigenvalue weighted by molar-refractivity contribution is 7.91. The summed E-state index contributed by atoms with van der Waals surface area (Å²) in [5.41, 5.74) is 5.36. The molecule has 0 heterocycles. The number of hydrogen-bond donors (Lipinski definition) is 2. The molecule has 0 unspecified atom stereocenters. The van der Waals surface area contributed by atoms with Crippen LogP contribution in [0.2, 0.25) is 0 Å². The lowest BCUT2D eigenvalue weighted by molar-refractivity contribution is 0.304. The summed E-state index contributed by atoms with van der Waals surface area (Å²) >= 11 is 0. The second-order valence-electron chi connectivity index (χ2n) is 3.61. The predicted octanol–water partition coefficient (Wildman–Crippen LogP) is -0.120. The molecule has 0 aromatic carbocycles. The average molecular weight is 251 g/mol. The van der Waals surface area contributed by atoms with E-state index in [1.807, 2.05) is 18.7 Å². The van der Waals surface area contributed by atoms with E-state index in [4.69, 9.17) is 10.9 Å². The van der Waals surface area contributed by atoms with Crippen LogP contribution in [-0.4, -0.2) is 55.5 Å². The molecule has 96 valence electrons. The Morgan fingerprint density at radius 1 is 1.38 bits per heavy atom. The van der Waals surface area contributed by atoms with Gasteiger partial charge in [0, 0.05) is 12.3 Å². The monoisotopic (exact) mass is 251 g/mol. The topological polar surface area (TPSA) is 96.0 Å². The molecule has 0 bridgehead atoms. The van der Waals surface area contributed by atoms with Gasteiger partial charge in [0.25, 0.3) is 0 Å². The smallest absolute Gasteiger partial charge is 0.153 e. The Morgan fingerprint density at radius 3 is 2.44 bits per heavy atom. The molecule has 0 aliphatic rings. The molecule has 0 aliphatic carbocycles. The summed E-state index contributed by atoms with van der Waals surface area (Å²) in [5, 5.41) is 11.3. The van der Waals surface area contributed by atoms with E-state index in [0.717, 1.165) is 0 Å². The number of oxime groups is 1. The van der Waals surface area contributed by atoms with Gasteiger partial charge < -0.3 is 10.9 Å². The number of amidine groups is 1. The molecule has 0 saturated heterocycles. The molecule has 0 radical (unpaired) electrons. The summed E-state index contributed by atoms with van der Waals surface area (Å²) in [5.74, 6) is 0.427. The summed E-state index contributed by atoms with van der Waals surface area (Å²) in [6.07, 6.45) is 0.634. The Morgan fingerprint density at radius 2 is 2.00 bits per heavy atom. The van der Waals surface area contributed by atoms with E-state index in [0.29, 0.717) is 19.5 Å². The summed E-state index contributed by atoms with van der Waals surface area (Å²) in [6, 6.07) is 0. The fourth-order valence-electron chi connectivity index (χ4n) is 1.29. The third kappa shape index (κ3) is 6.62. The Hall–Kier alpha value is -0.820. The van der Waals surface area contributed by atoms with Crippen LogP contribution in [0, 0.1) is 0 Å². The zero-order valence-corrected chi connectivity index (χ0v) is 10.7. The first-order valence-electron chi connectivity index (χ1n) is 5.34. The Kier molecular flexibility index (Phi) is 7.07. The van der Waals surface area contributed by atoms with Gasteiger partial charge >= 0.3 is 0 Å². The standard InChI is InChI=1S/C9H21N3O3S/c1-3-6-16(14,15)7-5-12(4-2)8-9(10)11-13/h13H,3-8H2,1-2H3,(H2,10,11). The van der Waals surface area contributed by atoms with Crippen molar-refractivity contribution >= 4 is 15.7 Å². The van der Waals surface area contributed by atoms with Crippen molar-refractivity contribution in [3.63, 3.8) is 0 Å². The fourth-order valence-corrected chi connectivity index (χ4v) is 2.65. The first-order chi connectivity index (χ1) is 7.45. The normalized spacial score (nSPS) is 13.3. The first-order valence-corrected chi connectivity index (χ1v) is 7.16. The molecule has 0 saturated carbocycles. The minimum atomic E-state index is -2.96. The van der Waals surface area contributed by atoms with E-state index in [1.165, 1.54) is 0 Å². The van der Waals surface area contributed by atoms with E-state index < -0.39 is 9.84 Å². The first kappa shape index (κ1) is 15.2. The number of sulfone groups is 1. The maximum absolute atomic E-state index is 11.5. The second-order valence-corrected chi connectivity index (χ2v) is 5.92. The molecule has 0 spiro atoms. The van der Waals surface area contributed by atoms with Crippen molar-refractivity contribution in [2.75, 3.05) is 31.1 Å². The van der Waals surface area contributed by atoms with Crippen molar-refractivity contribution in [1.82, 2.24) is 4.90 Å². The van der Waals surface area contributed by atoms with Crippen LogP contribution in [0.3, 0.4) is 0 Å². The van der Waals surface area contributed by atoms with Crippen LogP contribution in [0.15, 0.2) is 5.16 Å². The van der Waals surface area contributed by atoms with Gasteiger partial charge in [-0.1, -0.05) is 19.0 Å².